The normalized spacial score (nSPS) is 16.3. The summed E-state index contributed by atoms with van der Waals surface area (Å²) in [6, 6.07) is 4.34. The predicted molar refractivity (Wildman–Crippen MR) is 66.6 cm³/mol. The number of nitrogens with zero attached hydrogens (tertiary/aromatic N) is 1. The van der Waals surface area contributed by atoms with Crippen LogP contribution >= 0.6 is 0 Å². The second-order valence-electron chi connectivity index (χ2n) is 4.74. The minimum absolute atomic E-state index is 0.0274. The maximum atomic E-state index is 10.7. The SMILES string of the molecule is C[C@@H](O)c1cc([N+](=O)[O-])ccc1OCCC1CC1. The summed E-state index contributed by atoms with van der Waals surface area (Å²) in [5.41, 5.74) is 0.445. The third-order valence-electron chi connectivity index (χ3n) is 3.13. The first kappa shape index (κ1) is 12.8. The Morgan fingerprint density at radius 1 is 1.56 bits per heavy atom. The molecule has 0 unspecified atom stereocenters. The summed E-state index contributed by atoms with van der Waals surface area (Å²) in [4.78, 5) is 10.2. The highest BCUT2D eigenvalue weighted by atomic mass is 16.6. The van der Waals surface area contributed by atoms with Crippen LogP contribution in [0, 0.1) is 16.0 Å². The fraction of sp³-hybridized carbons (Fsp3) is 0.538. The lowest BCUT2D eigenvalue weighted by Crippen LogP contribution is -2.03. The van der Waals surface area contributed by atoms with Crippen molar-refractivity contribution in [3.05, 3.63) is 33.9 Å². The monoisotopic (exact) mass is 251 g/mol. The van der Waals surface area contributed by atoms with Gasteiger partial charge in [0.1, 0.15) is 5.75 Å². The van der Waals surface area contributed by atoms with E-state index in [0.717, 1.165) is 12.3 Å². The van der Waals surface area contributed by atoms with Crippen molar-refractivity contribution in [3.63, 3.8) is 0 Å². The second-order valence-corrected chi connectivity index (χ2v) is 4.74. The van der Waals surface area contributed by atoms with E-state index in [-0.39, 0.29) is 5.69 Å². The van der Waals surface area contributed by atoms with Crippen molar-refractivity contribution < 1.29 is 14.8 Å². The number of ether oxygens (including phenoxy) is 1. The van der Waals surface area contributed by atoms with Gasteiger partial charge in [-0.25, -0.2) is 0 Å². The van der Waals surface area contributed by atoms with Gasteiger partial charge in [0.05, 0.1) is 17.6 Å². The average molecular weight is 251 g/mol. The van der Waals surface area contributed by atoms with Crippen LogP contribution < -0.4 is 4.74 Å². The largest absolute Gasteiger partial charge is 0.493 e. The van der Waals surface area contributed by atoms with Crippen LogP contribution in [0.4, 0.5) is 5.69 Å². The number of aliphatic hydroxyl groups excluding tert-OH is 1. The zero-order valence-electron chi connectivity index (χ0n) is 10.3. The number of benzene rings is 1. The minimum Gasteiger partial charge on any atom is -0.493 e. The Morgan fingerprint density at radius 3 is 2.83 bits per heavy atom. The minimum atomic E-state index is -0.777. The highest BCUT2D eigenvalue weighted by Gasteiger charge is 2.21. The molecular weight excluding hydrogens is 234 g/mol. The van der Waals surface area contributed by atoms with Gasteiger partial charge >= 0.3 is 0 Å². The number of non-ortho nitro benzene ring substituents is 1. The van der Waals surface area contributed by atoms with E-state index in [1.165, 1.54) is 25.0 Å². The summed E-state index contributed by atoms with van der Waals surface area (Å²) in [5, 5.41) is 20.3. The third-order valence-corrected chi connectivity index (χ3v) is 3.13. The van der Waals surface area contributed by atoms with Crippen molar-refractivity contribution in [3.8, 4) is 5.75 Å². The Hall–Kier alpha value is -1.62. The summed E-state index contributed by atoms with van der Waals surface area (Å²) in [5.74, 6) is 1.31. The van der Waals surface area contributed by atoms with Gasteiger partial charge in [-0.2, -0.15) is 0 Å². The van der Waals surface area contributed by atoms with Crippen molar-refractivity contribution in [2.45, 2.75) is 32.3 Å². The Balaban J connectivity index is 2.08. The highest BCUT2D eigenvalue weighted by molar-refractivity contribution is 5.44. The summed E-state index contributed by atoms with van der Waals surface area (Å²) in [7, 11) is 0. The van der Waals surface area contributed by atoms with Crippen LogP contribution in [0.5, 0.6) is 5.75 Å². The molecule has 98 valence electrons. The van der Waals surface area contributed by atoms with Crippen molar-refractivity contribution in [2.24, 2.45) is 5.92 Å². The molecule has 1 aliphatic rings. The lowest BCUT2D eigenvalue weighted by molar-refractivity contribution is -0.385. The maximum absolute atomic E-state index is 10.7. The van der Waals surface area contributed by atoms with Gasteiger partial charge in [0.2, 0.25) is 0 Å². The van der Waals surface area contributed by atoms with Crippen LogP contribution in [0.15, 0.2) is 18.2 Å². The van der Waals surface area contributed by atoms with E-state index < -0.39 is 11.0 Å². The fourth-order valence-corrected chi connectivity index (χ4v) is 1.85. The van der Waals surface area contributed by atoms with Crippen LogP contribution in [-0.2, 0) is 0 Å². The first-order chi connectivity index (χ1) is 8.58. The van der Waals surface area contributed by atoms with Crippen molar-refractivity contribution >= 4 is 5.69 Å². The van der Waals surface area contributed by atoms with E-state index >= 15 is 0 Å². The summed E-state index contributed by atoms with van der Waals surface area (Å²) in [6.45, 7) is 2.18. The molecule has 1 saturated carbocycles. The molecule has 1 atom stereocenters. The van der Waals surface area contributed by atoms with Crippen LogP contribution in [-0.4, -0.2) is 16.6 Å². The molecule has 1 aromatic carbocycles. The van der Waals surface area contributed by atoms with Gasteiger partial charge in [-0.15, -0.1) is 0 Å². The molecule has 0 spiro atoms. The van der Waals surface area contributed by atoms with E-state index in [2.05, 4.69) is 0 Å². The Labute approximate surface area is 106 Å². The Bertz CT molecular complexity index is 441. The van der Waals surface area contributed by atoms with E-state index in [1.807, 2.05) is 0 Å². The molecule has 0 aliphatic heterocycles. The number of rotatable bonds is 6. The van der Waals surface area contributed by atoms with Crippen molar-refractivity contribution in [2.75, 3.05) is 6.61 Å². The quantitative estimate of drug-likeness (QED) is 0.623. The fourth-order valence-electron chi connectivity index (χ4n) is 1.85. The number of hydrogen-bond donors (Lipinski definition) is 1. The summed E-state index contributed by atoms with van der Waals surface area (Å²) >= 11 is 0. The van der Waals surface area contributed by atoms with Crippen LogP contribution in [0.3, 0.4) is 0 Å². The molecule has 5 nitrogen and oxygen atoms in total. The first-order valence-corrected chi connectivity index (χ1v) is 6.17. The molecule has 1 aromatic rings. The van der Waals surface area contributed by atoms with E-state index in [4.69, 9.17) is 4.74 Å². The molecule has 0 saturated heterocycles. The van der Waals surface area contributed by atoms with E-state index in [9.17, 15) is 15.2 Å². The summed E-state index contributed by atoms with van der Waals surface area (Å²) < 4.78 is 5.60. The van der Waals surface area contributed by atoms with Crippen molar-refractivity contribution in [1.29, 1.82) is 0 Å². The number of aliphatic hydroxyl groups is 1. The molecule has 2 rings (SSSR count). The van der Waals surface area contributed by atoms with Crippen LogP contribution in [0.1, 0.15) is 37.9 Å². The average Bonchev–Trinajstić information content (AvgIpc) is 3.13. The molecule has 1 fully saturated rings. The van der Waals surface area contributed by atoms with E-state index in [0.29, 0.717) is 17.9 Å². The van der Waals surface area contributed by atoms with Gasteiger partial charge in [0, 0.05) is 17.7 Å². The molecule has 0 bridgehead atoms. The molecule has 0 heterocycles. The zero-order valence-corrected chi connectivity index (χ0v) is 10.3. The second kappa shape index (κ2) is 5.35. The van der Waals surface area contributed by atoms with Gasteiger partial charge in [-0.05, 0) is 25.3 Å². The third kappa shape index (κ3) is 3.20. The molecule has 18 heavy (non-hydrogen) atoms. The molecule has 5 heteroatoms. The van der Waals surface area contributed by atoms with E-state index in [1.54, 1.807) is 13.0 Å². The standard InChI is InChI=1S/C13H17NO4/c1-9(15)12-8-11(14(16)17)4-5-13(12)18-7-6-10-2-3-10/h4-5,8-10,15H,2-3,6-7H2,1H3/t9-/m1/s1. The topological polar surface area (TPSA) is 72.6 Å². The number of hydrogen-bond acceptors (Lipinski definition) is 4. The molecule has 0 amide bonds. The van der Waals surface area contributed by atoms with Gasteiger partial charge in [0.15, 0.2) is 0 Å². The molecule has 0 radical (unpaired) electrons. The molecule has 1 N–H and O–H groups in total. The van der Waals surface area contributed by atoms with Gasteiger partial charge in [-0.1, -0.05) is 12.8 Å². The van der Waals surface area contributed by atoms with Gasteiger partial charge in [0.25, 0.3) is 5.69 Å². The first-order valence-electron chi connectivity index (χ1n) is 6.17. The lowest BCUT2D eigenvalue weighted by atomic mass is 10.1. The summed E-state index contributed by atoms with van der Waals surface area (Å²) in [6.07, 6.45) is 2.77. The maximum Gasteiger partial charge on any atom is 0.270 e. The number of nitro groups is 1. The molecule has 0 aromatic heterocycles. The Morgan fingerprint density at radius 2 is 2.28 bits per heavy atom. The highest BCUT2D eigenvalue weighted by Crippen LogP contribution is 2.33. The Kier molecular flexibility index (Phi) is 3.81. The van der Waals surface area contributed by atoms with Gasteiger partial charge < -0.3 is 9.84 Å². The van der Waals surface area contributed by atoms with Crippen LogP contribution in [0.2, 0.25) is 0 Å². The predicted octanol–water partition coefficient (Wildman–Crippen LogP) is 2.83. The smallest absolute Gasteiger partial charge is 0.270 e. The van der Waals surface area contributed by atoms with Gasteiger partial charge in [-0.3, -0.25) is 10.1 Å². The lowest BCUT2D eigenvalue weighted by Gasteiger charge is -2.13. The molecular formula is C13H17NO4. The van der Waals surface area contributed by atoms with Crippen molar-refractivity contribution in [1.82, 2.24) is 0 Å². The molecule has 1 aliphatic carbocycles. The zero-order chi connectivity index (χ0) is 13.1. The van der Waals surface area contributed by atoms with Crippen LogP contribution in [0.25, 0.3) is 0 Å². The number of nitro benzene ring substituents is 1.